The summed E-state index contributed by atoms with van der Waals surface area (Å²) in [5.41, 5.74) is 0.980. The third kappa shape index (κ3) is 4.59. The van der Waals surface area contributed by atoms with Crippen LogP contribution < -0.4 is 15.0 Å². The van der Waals surface area contributed by atoms with Crippen LogP contribution in [0.1, 0.15) is 31.9 Å². The molecule has 1 aromatic carbocycles. The molecule has 33 heavy (non-hydrogen) atoms. The SMILES string of the molecule is CCCn1nc(NC2C3CCC2CN(c2cc(C)ncn2)C3)nc1Oc1ccc(F)c(Cl)c1. The van der Waals surface area contributed by atoms with Crippen molar-refractivity contribution in [1.82, 2.24) is 24.7 Å². The summed E-state index contributed by atoms with van der Waals surface area (Å²) in [6, 6.07) is 6.97. The molecule has 1 N–H and O–H groups in total. The molecule has 2 aliphatic rings. The zero-order chi connectivity index (χ0) is 22.9. The normalized spacial score (nSPS) is 21.9. The number of fused-ring (bicyclic) bond motifs is 2. The maximum Gasteiger partial charge on any atom is 0.322 e. The number of aromatic nitrogens is 5. The smallest absolute Gasteiger partial charge is 0.322 e. The largest absolute Gasteiger partial charge is 0.424 e. The van der Waals surface area contributed by atoms with Gasteiger partial charge in [0.1, 0.15) is 23.7 Å². The van der Waals surface area contributed by atoms with E-state index in [-0.39, 0.29) is 5.02 Å². The molecule has 1 saturated heterocycles. The number of ether oxygens (including phenoxy) is 1. The van der Waals surface area contributed by atoms with Crippen molar-refractivity contribution in [3.05, 3.63) is 47.1 Å². The monoisotopic (exact) mass is 471 g/mol. The van der Waals surface area contributed by atoms with Crippen LogP contribution in [0.25, 0.3) is 0 Å². The summed E-state index contributed by atoms with van der Waals surface area (Å²) < 4.78 is 21.1. The Morgan fingerprint density at radius 3 is 2.67 bits per heavy atom. The molecular weight excluding hydrogens is 445 g/mol. The van der Waals surface area contributed by atoms with Crippen LogP contribution in [0.5, 0.6) is 11.8 Å². The highest BCUT2D eigenvalue weighted by Crippen LogP contribution is 2.40. The predicted molar refractivity (Wildman–Crippen MR) is 124 cm³/mol. The van der Waals surface area contributed by atoms with Gasteiger partial charge in [-0.25, -0.2) is 19.0 Å². The van der Waals surface area contributed by atoms with Crippen molar-refractivity contribution < 1.29 is 9.13 Å². The van der Waals surface area contributed by atoms with Crippen LogP contribution in [0.2, 0.25) is 5.02 Å². The van der Waals surface area contributed by atoms with Crippen LogP contribution in [0, 0.1) is 24.6 Å². The van der Waals surface area contributed by atoms with Gasteiger partial charge in [-0.2, -0.15) is 4.98 Å². The molecule has 0 spiro atoms. The quantitative estimate of drug-likeness (QED) is 0.535. The van der Waals surface area contributed by atoms with Crippen molar-refractivity contribution in [3.63, 3.8) is 0 Å². The van der Waals surface area contributed by atoms with E-state index < -0.39 is 5.82 Å². The molecule has 1 aliphatic heterocycles. The van der Waals surface area contributed by atoms with Gasteiger partial charge in [-0.3, -0.25) is 0 Å². The fraction of sp³-hybridized carbons (Fsp3) is 0.478. The first-order valence-corrected chi connectivity index (χ1v) is 11.8. The second-order valence-corrected chi connectivity index (χ2v) is 9.22. The van der Waals surface area contributed by atoms with Crippen molar-refractivity contribution in [1.29, 1.82) is 0 Å². The van der Waals surface area contributed by atoms with E-state index >= 15 is 0 Å². The number of nitrogens with zero attached hydrogens (tertiary/aromatic N) is 6. The van der Waals surface area contributed by atoms with Crippen LogP contribution in [-0.4, -0.2) is 43.9 Å². The van der Waals surface area contributed by atoms with Gasteiger partial charge in [-0.1, -0.05) is 18.5 Å². The Morgan fingerprint density at radius 2 is 1.97 bits per heavy atom. The average Bonchev–Trinajstić information content (AvgIpc) is 3.26. The van der Waals surface area contributed by atoms with E-state index in [2.05, 4.69) is 37.2 Å². The van der Waals surface area contributed by atoms with E-state index in [4.69, 9.17) is 16.3 Å². The van der Waals surface area contributed by atoms with E-state index in [0.29, 0.717) is 42.1 Å². The lowest BCUT2D eigenvalue weighted by atomic mass is 9.92. The molecule has 2 atom stereocenters. The Balaban J connectivity index is 1.31. The summed E-state index contributed by atoms with van der Waals surface area (Å²) in [6.07, 6.45) is 4.84. The summed E-state index contributed by atoms with van der Waals surface area (Å²) in [6.45, 7) is 6.61. The number of aryl methyl sites for hydroxylation is 2. The van der Waals surface area contributed by atoms with Crippen molar-refractivity contribution >= 4 is 23.4 Å². The van der Waals surface area contributed by atoms with Gasteiger partial charge in [0.2, 0.25) is 5.95 Å². The zero-order valence-corrected chi connectivity index (χ0v) is 19.5. The number of rotatable bonds is 7. The Kier molecular flexibility index (Phi) is 6.05. The molecule has 0 amide bonds. The van der Waals surface area contributed by atoms with E-state index in [9.17, 15) is 4.39 Å². The Hall–Kier alpha value is -2.94. The second kappa shape index (κ2) is 9.13. The van der Waals surface area contributed by atoms with Crippen molar-refractivity contribution in [2.45, 2.75) is 45.7 Å². The van der Waals surface area contributed by atoms with Crippen molar-refractivity contribution in [2.24, 2.45) is 11.8 Å². The molecule has 5 rings (SSSR count). The van der Waals surface area contributed by atoms with Crippen molar-refractivity contribution in [3.8, 4) is 11.8 Å². The minimum absolute atomic E-state index is 0.00891. The van der Waals surface area contributed by atoms with Gasteiger partial charge >= 0.3 is 6.01 Å². The number of halogens is 2. The molecular formula is C23H27ClFN7O. The molecule has 10 heteroatoms. The second-order valence-electron chi connectivity index (χ2n) is 8.81. The summed E-state index contributed by atoms with van der Waals surface area (Å²) in [4.78, 5) is 15.7. The van der Waals surface area contributed by atoms with Crippen molar-refractivity contribution in [2.75, 3.05) is 23.3 Å². The maximum absolute atomic E-state index is 13.5. The first kappa shape index (κ1) is 21.9. The van der Waals surface area contributed by atoms with Crippen LogP contribution in [-0.2, 0) is 6.54 Å². The standard InChI is InChI=1S/C23H27ClFN7O/c1-3-8-32-23(33-17-6-7-19(25)18(24)10-17)29-22(30-32)28-21-15-4-5-16(21)12-31(11-15)20-9-14(2)26-13-27-20/h6-7,9-10,13,15-16,21H,3-5,8,11-12H2,1-2H3,(H,28,30). The fourth-order valence-electron chi connectivity index (χ4n) is 4.88. The van der Waals surface area contributed by atoms with Crippen LogP contribution in [0.3, 0.4) is 0 Å². The number of hydrogen-bond acceptors (Lipinski definition) is 7. The molecule has 2 bridgehead atoms. The number of nitrogens with one attached hydrogen (secondary N) is 1. The fourth-order valence-corrected chi connectivity index (χ4v) is 5.05. The van der Waals surface area contributed by atoms with E-state index in [1.54, 1.807) is 11.0 Å². The molecule has 2 fully saturated rings. The zero-order valence-electron chi connectivity index (χ0n) is 18.7. The molecule has 174 valence electrons. The number of hydrogen-bond donors (Lipinski definition) is 1. The Morgan fingerprint density at radius 1 is 1.18 bits per heavy atom. The summed E-state index contributed by atoms with van der Waals surface area (Å²) in [5.74, 6) is 2.46. The molecule has 2 unspecified atom stereocenters. The maximum atomic E-state index is 13.5. The highest BCUT2D eigenvalue weighted by molar-refractivity contribution is 6.30. The lowest BCUT2D eigenvalue weighted by Crippen LogP contribution is -2.48. The first-order chi connectivity index (χ1) is 16.0. The highest BCUT2D eigenvalue weighted by atomic mass is 35.5. The molecule has 3 heterocycles. The molecule has 3 aromatic rings. The number of benzene rings is 1. The summed E-state index contributed by atoms with van der Waals surface area (Å²) >= 11 is 5.90. The highest BCUT2D eigenvalue weighted by Gasteiger charge is 2.43. The van der Waals surface area contributed by atoms with Crippen LogP contribution >= 0.6 is 11.6 Å². The molecule has 8 nitrogen and oxygen atoms in total. The molecule has 2 aromatic heterocycles. The van der Waals surface area contributed by atoms with Gasteiger partial charge in [0.15, 0.2) is 0 Å². The third-order valence-corrected chi connectivity index (χ3v) is 6.71. The van der Waals surface area contributed by atoms with Gasteiger partial charge in [0, 0.05) is 43.5 Å². The van der Waals surface area contributed by atoms with Gasteiger partial charge in [-0.15, -0.1) is 5.10 Å². The Bertz CT molecular complexity index is 1130. The van der Waals surface area contributed by atoms with Gasteiger partial charge < -0.3 is 15.0 Å². The minimum atomic E-state index is -0.486. The van der Waals surface area contributed by atoms with E-state index in [1.165, 1.54) is 18.2 Å². The molecule has 0 radical (unpaired) electrons. The van der Waals surface area contributed by atoms with Crippen LogP contribution in [0.4, 0.5) is 16.2 Å². The first-order valence-electron chi connectivity index (χ1n) is 11.4. The van der Waals surface area contributed by atoms with Gasteiger partial charge in [0.25, 0.3) is 0 Å². The van der Waals surface area contributed by atoms with E-state index in [0.717, 1.165) is 43.9 Å². The third-order valence-electron chi connectivity index (χ3n) is 6.42. The summed E-state index contributed by atoms with van der Waals surface area (Å²) in [5, 5.41) is 8.24. The predicted octanol–water partition coefficient (Wildman–Crippen LogP) is 4.70. The summed E-state index contributed by atoms with van der Waals surface area (Å²) in [7, 11) is 0. The number of anilines is 2. The lowest BCUT2D eigenvalue weighted by Gasteiger charge is -2.38. The van der Waals surface area contributed by atoms with Crippen LogP contribution in [0.15, 0.2) is 30.6 Å². The van der Waals surface area contributed by atoms with Gasteiger partial charge in [0.05, 0.1) is 5.02 Å². The molecule has 1 saturated carbocycles. The average molecular weight is 472 g/mol. The molecule has 1 aliphatic carbocycles. The minimum Gasteiger partial charge on any atom is -0.424 e. The topological polar surface area (TPSA) is 81.0 Å². The van der Waals surface area contributed by atoms with Gasteiger partial charge in [-0.05, 0) is 50.2 Å². The van der Waals surface area contributed by atoms with E-state index in [1.807, 2.05) is 13.0 Å². The number of piperidine rings is 1. The lowest BCUT2D eigenvalue weighted by molar-refractivity contribution is 0.374. The Labute approximate surface area is 197 Å².